The lowest BCUT2D eigenvalue weighted by atomic mass is 9.89. The van der Waals surface area contributed by atoms with E-state index in [1.807, 2.05) is 0 Å². The molecule has 0 nitrogen and oxygen atoms in total. The molecule has 0 atom stereocenters. The Bertz CT molecular complexity index is 1510. The molecule has 0 heterocycles. The first-order valence-corrected chi connectivity index (χ1v) is 11.4. The Labute approximate surface area is 194 Å². The zero-order chi connectivity index (χ0) is 22.2. The highest BCUT2D eigenvalue weighted by atomic mass is 14.2. The van der Waals surface area contributed by atoms with Crippen LogP contribution in [0.3, 0.4) is 0 Å². The highest BCUT2D eigenvalue weighted by Crippen LogP contribution is 2.38. The van der Waals surface area contributed by atoms with Crippen molar-refractivity contribution in [2.45, 2.75) is 6.92 Å². The zero-order valence-electron chi connectivity index (χ0n) is 18.6. The smallest absolute Gasteiger partial charge is 0.0105 e. The van der Waals surface area contributed by atoms with Gasteiger partial charge in [-0.3, -0.25) is 0 Å². The van der Waals surface area contributed by atoms with E-state index in [1.165, 1.54) is 60.5 Å². The molecule has 0 amide bonds. The summed E-state index contributed by atoms with van der Waals surface area (Å²) in [5.74, 6) is 0. The SMILES string of the molecule is Cc1cccc(-c2cc(-c3cccc4ccccc34)cc(-c3cccc4ccccc34)c2)c1. The second-order valence-corrected chi connectivity index (χ2v) is 8.72. The lowest BCUT2D eigenvalue weighted by molar-refractivity contribution is 1.47. The molecule has 0 aromatic heterocycles. The Morgan fingerprint density at radius 1 is 0.364 bits per heavy atom. The van der Waals surface area contributed by atoms with Gasteiger partial charge in [0.15, 0.2) is 0 Å². The average Bonchev–Trinajstić information content (AvgIpc) is 2.88. The summed E-state index contributed by atoms with van der Waals surface area (Å²) in [4.78, 5) is 0. The second kappa shape index (κ2) is 8.07. The van der Waals surface area contributed by atoms with E-state index in [9.17, 15) is 0 Å². The van der Waals surface area contributed by atoms with Crippen molar-refractivity contribution in [1.29, 1.82) is 0 Å². The van der Waals surface area contributed by atoms with Gasteiger partial charge in [0.1, 0.15) is 0 Å². The van der Waals surface area contributed by atoms with Crippen LogP contribution >= 0.6 is 0 Å². The van der Waals surface area contributed by atoms with Crippen LogP contribution in [0.25, 0.3) is 54.9 Å². The number of fused-ring (bicyclic) bond motifs is 2. The number of aryl methyl sites for hydroxylation is 1. The Morgan fingerprint density at radius 2 is 0.848 bits per heavy atom. The van der Waals surface area contributed by atoms with E-state index in [4.69, 9.17) is 0 Å². The van der Waals surface area contributed by atoms with Crippen LogP contribution in [0.5, 0.6) is 0 Å². The fourth-order valence-electron chi connectivity index (χ4n) is 4.88. The third-order valence-electron chi connectivity index (χ3n) is 6.49. The van der Waals surface area contributed by atoms with Crippen LogP contribution in [0.1, 0.15) is 5.56 Å². The fourth-order valence-corrected chi connectivity index (χ4v) is 4.88. The highest BCUT2D eigenvalue weighted by molar-refractivity contribution is 6.01. The van der Waals surface area contributed by atoms with Crippen molar-refractivity contribution in [1.82, 2.24) is 0 Å². The van der Waals surface area contributed by atoms with Gasteiger partial charge in [0.05, 0.1) is 0 Å². The predicted octanol–water partition coefficient (Wildman–Crippen LogP) is 9.30. The predicted molar refractivity (Wildman–Crippen MR) is 142 cm³/mol. The van der Waals surface area contributed by atoms with E-state index in [2.05, 4.69) is 134 Å². The van der Waals surface area contributed by atoms with Crippen LogP contribution < -0.4 is 0 Å². The van der Waals surface area contributed by atoms with Gasteiger partial charge in [-0.15, -0.1) is 0 Å². The van der Waals surface area contributed by atoms with Gasteiger partial charge in [-0.1, -0.05) is 115 Å². The molecule has 0 bridgehead atoms. The van der Waals surface area contributed by atoms with Gasteiger partial charge in [-0.2, -0.15) is 0 Å². The Morgan fingerprint density at radius 3 is 1.42 bits per heavy atom. The first-order chi connectivity index (χ1) is 16.3. The van der Waals surface area contributed by atoms with Crippen molar-refractivity contribution < 1.29 is 0 Å². The van der Waals surface area contributed by atoms with Crippen LogP contribution in [0.15, 0.2) is 127 Å². The normalized spacial score (nSPS) is 11.2. The maximum absolute atomic E-state index is 2.35. The van der Waals surface area contributed by atoms with Crippen LogP contribution in [0.4, 0.5) is 0 Å². The minimum Gasteiger partial charge on any atom is -0.0616 e. The number of hydrogen-bond donors (Lipinski definition) is 0. The highest BCUT2D eigenvalue weighted by Gasteiger charge is 2.11. The first-order valence-electron chi connectivity index (χ1n) is 11.4. The van der Waals surface area contributed by atoms with Gasteiger partial charge in [0, 0.05) is 0 Å². The molecule has 0 heteroatoms. The molecule has 0 unspecified atom stereocenters. The number of benzene rings is 6. The van der Waals surface area contributed by atoms with Gasteiger partial charge in [0.2, 0.25) is 0 Å². The van der Waals surface area contributed by atoms with Crippen LogP contribution in [-0.4, -0.2) is 0 Å². The lowest BCUT2D eigenvalue weighted by Crippen LogP contribution is -1.88. The summed E-state index contributed by atoms with van der Waals surface area (Å²) < 4.78 is 0. The standard InChI is InChI=1S/C33H24/c1-23-9-6-14-26(19-23)27-20-28(32-17-7-12-24-10-2-4-15-30(24)32)22-29(21-27)33-18-8-13-25-11-3-5-16-31(25)33/h2-22H,1H3. The summed E-state index contributed by atoms with van der Waals surface area (Å²) >= 11 is 0. The fraction of sp³-hybridized carbons (Fsp3) is 0.0303. The van der Waals surface area contributed by atoms with Crippen molar-refractivity contribution in [3.8, 4) is 33.4 Å². The molecule has 6 aromatic carbocycles. The molecule has 0 fully saturated rings. The third kappa shape index (κ3) is 3.60. The summed E-state index contributed by atoms with van der Waals surface area (Å²) in [6, 6.07) is 46.3. The molecular formula is C33H24. The topological polar surface area (TPSA) is 0 Å². The van der Waals surface area contributed by atoms with Gasteiger partial charge in [-0.25, -0.2) is 0 Å². The monoisotopic (exact) mass is 420 g/mol. The molecule has 33 heavy (non-hydrogen) atoms. The Kier molecular flexibility index (Phi) is 4.78. The minimum atomic E-state index is 1.24. The summed E-state index contributed by atoms with van der Waals surface area (Å²) in [6.45, 7) is 2.16. The average molecular weight is 421 g/mol. The molecule has 0 spiro atoms. The first kappa shape index (κ1) is 19.5. The molecule has 6 rings (SSSR count). The van der Waals surface area contributed by atoms with E-state index in [-0.39, 0.29) is 0 Å². The van der Waals surface area contributed by atoms with Gasteiger partial charge in [0.25, 0.3) is 0 Å². The summed E-state index contributed by atoms with van der Waals surface area (Å²) in [5.41, 5.74) is 8.79. The molecule has 6 aromatic rings. The van der Waals surface area contributed by atoms with E-state index in [0.29, 0.717) is 0 Å². The molecule has 0 aliphatic carbocycles. The maximum Gasteiger partial charge on any atom is -0.0105 e. The summed E-state index contributed by atoms with van der Waals surface area (Å²) in [5, 5.41) is 5.10. The Balaban J connectivity index is 1.66. The molecule has 0 saturated carbocycles. The third-order valence-corrected chi connectivity index (χ3v) is 6.49. The molecule has 0 aliphatic heterocycles. The van der Waals surface area contributed by atoms with Gasteiger partial charge < -0.3 is 0 Å². The summed E-state index contributed by atoms with van der Waals surface area (Å²) in [7, 11) is 0. The lowest BCUT2D eigenvalue weighted by Gasteiger charge is -2.14. The molecule has 156 valence electrons. The van der Waals surface area contributed by atoms with Gasteiger partial charge in [-0.05, 0) is 80.0 Å². The maximum atomic E-state index is 2.35. The van der Waals surface area contributed by atoms with Crippen molar-refractivity contribution in [3.05, 3.63) is 133 Å². The quantitative estimate of drug-likeness (QED) is 0.267. The van der Waals surface area contributed by atoms with E-state index in [1.54, 1.807) is 0 Å². The number of hydrogen-bond acceptors (Lipinski definition) is 0. The van der Waals surface area contributed by atoms with E-state index in [0.717, 1.165) is 0 Å². The van der Waals surface area contributed by atoms with E-state index >= 15 is 0 Å². The van der Waals surface area contributed by atoms with Crippen molar-refractivity contribution in [3.63, 3.8) is 0 Å². The molecule has 0 N–H and O–H groups in total. The molecule has 0 saturated heterocycles. The van der Waals surface area contributed by atoms with Gasteiger partial charge >= 0.3 is 0 Å². The largest absolute Gasteiger partial charge is 0.0616 e. The van der Waals surface area contributed by atoms with Crippen molar-refractivity contribution in [2.24, 2.45) is 0 Å². The van der Waals surface area contributed by atoms with E-state index < -0.39 is 0 Å². The minimum absolute atomic E-state index is 1.24. The van der Waals surface area contributed by atoms with Crippen LogP contribution in [-0.2, 0) is 0 Å². The van der Waals surface area contributed by atoms with Crippen molar-refractivity contribution in [2.75, 3.05) is 0 Å². The van der Waals surface area contributed by atoms with Crippen LogP contribution in [0, 0.1) is 6.92 Å². The van der Waals surface area contributed by atoms with Crippen LogP contribution in [0.2, 0.25) is 0 Å². The number of rotatable bonds is 3. The molecular weight excluding hydrogens is 396 g/mol. The van der Waals surface area contributed by atoms with Crippen molar-refractivity contribution >= 4 is 21.5 Å². The Hall–Kier alpha value is -4.16. The second-order valence-electron chi connectivity index (χ2n) is 8.72. The molecule has 0 radical (unpaired) electrons. The molecule has 0 aliphatic rings. The zero-order valence-corrected chi connectivity index (χ0v) is 18.6. The summed E-state index contributed by atoms with van der Waals surface area (Å²) in [6.07, 6.45) is 0.